The number of benzene rings is 1. The second kappa shape index (κ2) is 5.87. The Morgan fingerprint density at radius 1 is 1.15 bits per heavy atom. The molecule has 1 aromatic carbocycles. The lowest BCUT2D eigenvalue weighted by Gasteiger charge is -2.19. The summed E-state index contributed by atoms with van der Waals surface area (Å²) in [7, 11) is 0. The van der Waals surface area contributed by atoms with Crippen molar-refractivity contribution in [1.82, 2.24) is 10.3 Å². The predicted octanol–water partition coefficient (Wildman–Crippen LogP) is 3.31. The fraction of sp³-hybridized carbons (Fsp3) is 0.294. The van der Waals surface area contributed by atoms with Crippen molar-refractivity contribution in [3.63, 3.8) is 0 Å². The van der Waals surface area contributed by atoms with Gasteiger partial charge in [-0.3, -0.25) is 9.78 Å². The number of hydrogen-bond donors (Lipinski definition) is 1. The van der Waals surface area contributed by atoms with E-state index in [9.17, 15) is 4.79 Å². The summed E-state index contributed by atoms with van der Waals surface area (Å²) in [5, 5.41) is 2.93. The number of pyridine rings is 1. The molecule has 1 heterocycles. The van der Waals surface area contributed by atoms with E-state index in [1.165, 1.54) is 0 Å². The van der Waals surface area contributed by atoms with Gasteiger partial charge in [0.05, 0.1) is 0 Å². The second-order valence-corrected chi connectivity index (χ2v) is 5.87. The van der Waals surface area contributed by atoms with E-state index < -0.39 is 0 Å². The minimum atomic E-state index is -0.0482. The Morgan fingerprint density at radius 3 is 2.50 bits per heavy atom. The van der Waals surface area contributed by atoms with Gasteiger partial charge in [-0.15, -0.1) is 0 Å². The Labute approximate surface area is 120 Å². The fourth-order valence-electron chi connectivity index (χ4n) is 1.91. The smallest absolute Gasteiger partial charge is 0.251 e. The van der Waals surface area contributed by atoms with Crippen LogP contribution in [0.3, 0.4) is 0 Å². The van der Waals surface area contributed by atoms with Gasteiger partial charge in [-0.1, -0.05) is 32.9 Å². The summed E-state index contributed by atoms with van der Waals surface area (Å²) in [6.45, 7) is 6.93. The maximum absolute atomic E-state index is 12.2. The van der Waals surface area contributed by atoms with Gasteiger partial charge in [-0.25, -0.2) is 0 Å². The Bertz CT molecular complexity index is 585. The first kappa shape index (κ1) is 14.3. The molecule has 1 amide bonds. The summed E-state index contributed by atoms with van der Waals surface area (Å²) in [6, 6.07) is 11.6. The van der Waals surface area contributed by atoms with Gasteiger partial charge in [0.1, 0.15) is 0 Å². The van der Waals surface area contributed by atoms with E-state index in [0.717, 1.165) is 11.1 Å². The molecular weight excluding hydrogens is 248 g/mol. The van der Waals surface area contributed by atoms with Crippen molar-refractivity contribution in [3.8, 4) is 0 Å². The summed E-state index contributed by atoms with van der Waals surface area (Å²) in [6.07, 6.45) is 3.45. The molecule has 0 fully saturated rings. The second-order valence-electron chi connectivity index (χ2n) is 5.87. The number of carbonyl (C=O) groups is 1. The van der Waals surface area contributed by atoms with Gasteiger partial charge in [0.15, 0.2) is 0 Å². The third-order valence-electron chi connectivity index (χ3n) is 3.19. The first-order chi connectivity index (χ1) is 9.47. The molecule has 0 aliphatic rings. The highest BCUT2D eigenvalue weighted by atomic mass is 16.1. The average molecular weight is 268 g/mol. The van der Waals surface area contributed by atoms with E-state index in [-0.39, 0.29) is 11.3 Å². The maximum atomic E-state index is 12.2. The van der Waals surface area contributed by atoms with E-state index >= 15 is 0 Å². The van der Waals surface area contributed by atoms with Crippen LogP contribution in [-0.4, -0.2) is 10.9 Å². The molecule has 2 aromatic rings. The van der Waals surface area contributed by atoms with Crippen molar-refractivity contribution in [2.45, 2.75) is 32.7 Å². The molecule has 104 valence electrons. The first-order valence-electron chi connectivity index (χ1n) is 6.74. The quantitative estimate of drug-likeness (QED) is 0.928. The van der Waals surface area contributed by atoms with Gasteiger partial charge in [0, 0.05) is 24.5 Å². The summed E-state index contributed by atoms with van der Waals surface area (Å²) in [5.74, 6) is -0.0482. The van der Waals surface area contributed by atoms with E-state index in [1.54, 1.807) is 12.4 Å². The summed E-state index contributed by atoms with van der Waals surface area (Å²) < 4.78 is 0. The van der Waals surface area contributed by atoms with Crippen LogP contribution in [-0.2, 0) is 12.0 Å². The van der Waals surface area contributed by atoms with Crippen molar-refractivity contribution in [2.24, 2.45) is 0 Å². The number of hydrogen-bond acceptors (Lipinski definition) is 2. The highest BCUT2D eigenvalue weighted by Crippen LogP contribution is 2.22. The molecule has 2 rings (SSSR count). The normalized spacial score (nSPS) is 11.2. The number of aromatic nitrogens is 1. The maximum Gasteiger partial charge on any atom is 0.251 e. The lowest BCUT2D eigenvalue weighted by Crippen LogP contribution is -2.23. The van der Waals surface area contributed by atoms with Crippen LogP contribution in [0.2, 0.25) is 0 Å². The third kappa shape index (κ3) is 3.67. The molecule has 0 atom stereocenters. The summed E-state index contributed by atoms with van der Waals surface area (Å²) in [4.78, 5) is 16.1. The van der Waals surface area contributed by atoms with E-state index in [1.807, 2.05) is 30.3 Å². The molecule has 0 bridgehead atoms. The minimum Gasteiger partial charge on any atom is -0.348 e. The van der Waals surface area contributed by atoms with Crippen molar-refractivity contribution in [2.75, 3.05) is 0 Å². The number of nitrogens with zero attached hydrogens (tertiary/aromatic N) is 1. The average Bonchev–Trinajstić information content (AvgIpc) is 2.45. The van der Waals surface area contributed by atoms with Gasteiger partial charge >= 0.3 is 0 Å². The molecule has 20 heavy (non-hydrogen) atoms. The summed E-state index contributed by atoms with van der Waals surface area (Å²) >= 11 is 0. The van der Waals surface area contributed by atoms with E-state index in [2.05, 4.69) is 37.1 Å². The zero-order chi connectivity index (χ0) is 14.6. The first-order valence-corrected chi connectivity index (χ1v) is 6.74. The largest absolute Gasteiger partial charge is 0.348 e. The number of rotatable bonds is 3. The van der Waals surface area contributed by atoms with Gasteiger partial charge in [0.2, 0.25) is 0 Å². The number of nitrogens with one attached hydrogen (secondary N) is 1. The van der Waals surface area contributed by atoms with Crippen molar-refractivity contribution >= 4 is 5.91 Å². The van der Waals surface area contributed by atoms with Gasteiger partial charge in [-0.2, -0.15) is 0 Å². The summed E-state index contributed by atoms with van der Waals surface area (Å²) in [5.41, 5.74) is 2.95. The zero-order valence-electron chi connectivity index (χ0n) is 12.2. The van der Waals surface area contributed by atoms with Crippen LogP contribution < -0.4 is 5.32 Å². The van der Waals surface area contributed by atoms with Crippen LogP contribution in [0, 0.1) is 0 Å². The van der Waals surface area contributed by atoms with E-state index in [4.69, 9.17) is 0 Å². The molecule has 3 heteroatoms. The van der Waals surface area contributed by atoms with Gasteiger partial charge in [0.25, 0.3) is 5.91 Å². The molecule has 0 aliphatic carbocycles. The standard InChI is InChI=1S/C17H20N2O/c1-17(2,3)15-6-4-5-14(11-15)16(20)19-12-13-7-9-18-10-8-13/h4-11H,12H2,1-3H3,(H,19,20). The van der Waals surface area contributed by atoms with Crippen LogP contribution in [0.25, 0.3) is 0 Å². The Morgan fingerprint density at radius 2 is 1.85 bits per heavy atom. The topological polar surface area (TPSA) is 42.0 Å². The lowest BCUT2D eigenvalue weighted by atomic mass is 9.86. The molecule has 1 N–H and O–H groups in total. The van der Waals surface area contributed by atoms with Crippen LogP contribution in [0.15, 0.2) is 48.8 Å². The molecular formula is C17H20N2O. The van der Waals surface area contributed by atoms with Crippen LogP contribution >= 0.6 is 0 Å². The fourth-order valence-corrected chi connectivity index (χ4v) is 1.91. The molecule has 0 saturated carbocycles. The van der Waals surface area contributed by atoms with Gasteiger partial charge < -0.3 is 5.32 Å². The van der Waals surface area contributed by atoms with Crippen molar-refractivity contribution < 1.29 is 4.79 Å². The van der Waals surface area contributed by atoms with Crippen molar-refractivity contribution in [3.05, 3.63) is 65.5 Å². The zero-order valence-corrected chi connectivity index (χ0v) is 12.2. The van der Waals surface area contributed by atoms with Crippen LogP contribution in [0.5, 0.6) is 0 Å². The van der Waals surface area contributed by atoms with Crippen molar-refractivity contribution in [1.29, 1.82) is 0 Å². The molecule has 0 saturated heterocycles. The molecule has 0 spiro atoms. The number of amides is 1. The monoisotopic (exact) mass is 268 g/mol. The molecule has 0 radical (unpaired) electrons. The van der Waals surface area contributed by atoms with Crippen LogP contribution in [0.4, 0.5) is 0 Å². The van der Waals surface area contributed by atoms with E-state index in [0.29, 0.717) is 12.1 Å². The molecule has 0 unspecified atom stereocenters. The number of carbonyl (C=O) groups excluding carboxylic acids is 1. The molecule has 3 nitrogen and oxygen atoms in total. The SMILES string of the molecule is CC(C)(C)c1cccc(C(=O)NCc2ccncc2)c1. The molecule has 1 aromatic heterocycles. The van der Waals surface area contributed by atoms with Crippen LogP contribution in [0.1, 0.15) is 42.3 Å². The Hall–Kier alpha value is -2.16. The molecule has 0 aliphatic heterocycles. The highest BCUT2D eigenvalue weighted by Gasteiger charge is 2.15. The minimum absolute atomic E-state index is 0.0430. The Kier molecular flexibility index (Phi) is 4.18. The highest BCUT2D eigenvalue weighted by molar-refractivity contribution is 5.94. The lowest BCUT2D eigenvalue weighted by molar-refractivity contribution is 0.0951. The Balaban J connectivity index is 2.06. The predicted molar refractivity (Wildman–Crippen MR) is 80.5 cm³/mol. The van der Waals surface area contributed by atoms with Gasteiger partial charge in [-0.05, 0) is 40.8 Å². The third-order valence-corrected chi connectivity index (χ3v) is 3.19.